The Morgan fingerprint density at radius 3 is 2.68 bits per heavy atom. The summed E-state index contributed by atoms with van der Waals surface area (Å²) in [4.78, 5) is 8.73. The largest absolute Gasteiger partial charge is 0.370 e. The number of anilines is 1. The molecular weight excluding hydrogens is 278 g/mol. The minimum absolute atomic E-state index is 0.353. The Kier molecular flexibility index (Phi) is 4.71. The van der Waals surface area contributed by atoms with Gasteiger partial charge in [0.25, 0.3) is 0 Å². The lowest BCUT2D eigenvalue weighted by atomic mass is 10.1. The summed E-state index contributed by atoms with van der Waals surface area (Å²) in [5.41, 5.74) is 1.14. The first-order chi connectivity index (χ1) is 9.11. The fraction of sp³-hybridized carbons (Fsp3) is 0.500. The summed E-state index contributed by atoms with van der Waals surface area (Å²) in [5, 5.41) is 13.4. The topological polar surface area (TPSA) is 63.6 Å². The lowest BCUT2D eigenvalue weighted by Crippen LogP contribution is -2.07. The van der Waals surface area contributed by atoms with E-state index in [9.17, 15) is 0 Å². The van der Waals surface area contributed by atoms with E-state index in [4.69, 9.17) is 0 Å². The van der Waals surface area contributed by atoms with Crippen molar-refractivity contribution in [3.05, 3.63) is 16.9 Å². The molecule has 0 aliphatic rings. The van der Waals surface area contributed by atoms with E-state index < -0.39 is 0 Å². The van der Waals surface area contributed by atoms with Crippen LogP contribution in [0, 0.1) is 6.92 Å². The molecule has 0 saturated carbocycles. The molecule has 0 unspecified atom stereocenters. The Morgan fingerprint density at radius 2 is 2.11 bits per heavy atom. The molecular formula is C12H17N5S2. The van der Waals surface area contributed by atoms with Gasteiger partial charge in [0.15, 0.2) is 4.34 Å². The molecule has 0 atom stereocenters. The second kappa shape index (κ2) is 6.29. The van der Waals surface area contributed by atoms with E-state index in [1.54, 1.807) is 29.4 Å². The minimum Gasteiger partial charge on any atom is -0.370 e. The number of nitrogens with zero attached hydrogens (tertiary/aromatic N) is 4. The summed E-state index contributed by atoms with van der Waals surface area (Å²) in [6, 6.07) is 0. The van der Waals surface area contributed by atoms with Gasteiger partial charge < -0.3 is 5.32 Å². The summed E-state index contributed by atoms with van der Waals surface area (Å²) in [6.45, 7) is 9.16. The van der Waals surface area contributed by atoms with Crippen molar-refractivity contribution >= 4 is 28.9 Å². The molecule has 2 heterocycles. The number of aromatic nitrogens is 4. The molecule has 0 radical (unpaired) electrons. The van der Waals surface area contributed by atoms with Crippen LogP contribution in [0.15, 0.2) is 15.7 Å². The molecule has 2 rings (SSSR count). The number of nitrogens with one attached hydrogen (secondary N) is 1. The quantitative estimate of drug-likeness (QED) is 0.854. The monoisotopic (exact) mass is 295 g/mol. The first kappa shape index (κ1) is 14.2. The van der Waals surface area contributed by atoms with Crippen LogP contribution >= 0.6 is 23.1 Å². The first-order valence-electron chi connectivity index (χ1n) is 6.18. The highest BCUT2D eigenvalue weighted by Gasteiger charge is 2.16. The summed E-state index contributed by atoms with van der Waals surface area (Å²) < 4.78 is 0.917. The van der Waals surface area contributed by atoms with E-state index in [-0.39, 0.29) is 0 Å². The van der Waals surface area contributed by atoms with E-state index in [1.165, 1.54) is 0 Å². The van der Waals surface area contributed by atoms with Crippen LogP contribution < -0.4 is 5.32 Å². The van der Waals surface area contributed by atoms with Gasteiger partial charge in [0.05, 0.1) is 0 Å². The van der Waals surface area contributed by atoms with Crippen LogP contribution in [-0.4, -0.2) is 26.7 Å². The van der Waals surface area contributed by atoms with Crippen LogP contribution in [0.2, 0.25) is 0 Å². The van der Waals surface area contributed by atoms with Gasteiger partial charge in [-0.3, -0.25) is 0 Å². The second-order valence-electron chi connectivity index (χ2n) is 4.32. The molecule has 5 nitrogen and oxygen atoms in total. The average Bonchev–Trinajstić information content (AvgIpc) is 2.75. The maximum Gasteiger partial charge on any atom is 0.180 e. The number of hydrogen-bond donors (Lipinski definition) is 1. The van der Waals surface area contributed by atoms with Crippen LogP contribution in [0.4, 0.5) is 5.82 Å². The third kappa shape index (κ3) is 3.42. The fourth-order valence-corrected chi connectivity index (χ4v) is 3.66. The summed E-state index contributed by atoms with van der Waals surface area (Å²) in [7, 11) is 0. The molecule has 2 aromatic rings. The SMILES string of the molecule is CCNc1ncnc(Sc2nnc(C)s2)c1C(C)C. The van der Waals surface area contributed by atoms with Crippen LogP contribution in [0.1, 0.15) is 37.3 Å². The molecule has 7 heteroatoms. The van der Waals surface area contributed by atoms with E-state index in [2.05, 4.69) is 46.3 Å². The Bertz CT molecular complexity index is 553. The Morgan fingerprint density at radius 1 is 1.32 bits per heavy atom. The van der Waals surface area contributed by atoms with Gasteiger partial charge in [-0.1, -0.05) is 25.2 Å². The fourth-order valence-electron chi connectivity index (χ4n) is 1.69. The Hall–Kier alpha value is -1.21. The van der Waals surface area contributed by atoms with Crippen molar-refractivity contribution < 1.29 is 0 Å². The van der Waals surface area contributed by atoms with E-state index in [1.807, 2.05) is 6.92 Å². The van der Waals surface area contributed by atoms with Crippen LogP contribution in [0.3, 0.4) is 0 Å². The van der Waals surface area contributed by atoms with Crippen LogP contribution in [0.5, 0.6) is 0 Å². The van der Waals surface area contributed by atoms with Gasteiger partial charge in [-0.25, -0.2) is 9.97 Å². The molecule has 102 valence electrons. The molecule has 0 fully saturated rings. The van der Waals surface area contributed by atoms with Crippen molar-refractivity contribution in [3.8, 4) is 0 Å². The molecule has 0 aromatic carbocycles. The van der Waals surface area contributed by atoms with Crippen molar-refractivity contribution in [1.29, 1.82) is 0 Å². The molecule has 0 amide bonds. The zero-order valence-corrected chi connectivity index (χ0v) is 13.1. The van der Waals surface area contributed by atoms with Crippen molar-refractivity contribution in [2.45, 2.75) is 43.0 Å². The number of rotatable bonds is 5. The third-order valence-electron chi connectivity index (χ3n) is 2.46. The molecule has 0 aliphatic carbocycles. The maximum atomic E-state index is 4.40. The average molecular weight is 295 g/mol. The minimum atomic E-state index is 0.353. The zero-order chi connectivity index (χ0) is 13.8. The van der Waals surface area contributed by atoms with E-state index >= 15 is 0 Å². The number of hydrogen-bond acceptors (Lipinski definition) is 7. The van der Waals surface area contributed by atoms with Crippen LogP contribution in [-0.2, 0) is 0 Å². The van der Waals surface area contributed by atoms with Crippen LogP contribution in [0.25, 0.3) is 0 Å². The standard InChI is InChI=1S/C12H17N5S2/c1-5-13-10-9(7(2)3)11(15-6-14-10)19-12-17-16-8(4)18-12/h6-7H,5H2,1-4H3,(H,13,14,15). The smallest absolute Gasteiger partial charge is 0.180 e. The van der Waals surface area contributed by atoms with Gasteiger partial charge in [-0.15, -0.1) is 10.2 Å². The normalized spacial score (nSPS) is 11.0. The Labute approximate surface area is 121 Å². The van der Waals surface area contributed by atoms with Gasteiger partial charge in [0.2, 0.25) is 0 Å². The van der Waals surface area contributed by atoms with Gasteiger partial charge in [-0.05, 0) is 31.5 Å². The van der Waals surface area contributed by atoms with Gasteiger partial charge in [-0.2, -0.15) is 0 Å². The van der Waals surface area contributed by atoms with Gasteiger partial charge in [0, 0.05) is 12.1 Å². The predicted molar refractivity (Wildman–Crippen MR) is 79.1 cm³/mol. The highest BCUT2D eigenvalue weighted by molar-refractivity contribution is 8.01. The third-order valence-corrected chi connectivity index (χ3v) is 4.37. The van der Waals surface area contributed by atoms with Crippen molar-refractivity contribution in [1.82, 2.24) is 20.2 Å². The summed E-state index contributed by atoms with van der Waals surface area (Å²) >= 11 is 3.14. The zero-order valence-electron chi connectivity index (χ0n) is 11.5. The second-order valence-corrected chi connectivity index (χ2v) is 6.73. The van der Waals surface area contributed by atoms with Crippen molar-refractivity contribution in [3.63, 3.8) is 0 Å². The highest BCUT2D eigenvalue weighted by atomic mass is 32.2. The van der Waals surface area contributed by atoms with Gasteiger partial charge in [0.1, 0.15) is 22.2 Å². The predicted octanol–water partition coefficient (Wildman–Crippen LogP) is 3.34. The molecule has 0 bridgehead atoms. The number of aryl methyl sites for hydroxylation is 1. The highest BCUT2D eigenvalue weighted by Crippen LogP contribution is 2.36. The maximum absolute atomic E-state index is 4.40. The summed E-state index contributed by atoms with van der Waals surface area (Å²) in [5.74, 6) is 1.27. The Balaban J connectivity index is 2.35. The summed E-state index contributed by atoms with van der Waals surface area (Å²) in [6.07, 6.45) is 1.60. The molecule has 19 heavy (non-hydrogen) atoms. The van der Waals surface area contributed by atoms with Crippen molar-refractivity contribution in [2.75, 3.05) is 11.9 Å². The van der Waals surface area contributed by atoms with E-state index in [0.717, 1.165) is 32.3 Å². The first-order valence-corrected chi connectivity index (χ1v) is 7.81. The lowest BCUT2D eigenvalue weighted by molar-refractivity contribution is 0.803. The van der Waals surface area contributed by atoms with E-state index in [0.29, 0.717) is 5.92 Å². The molecule has 0 aliphatic heterocycles. The lowest BCUT2D eigenvalue weighted by Gasteiger charge is -2.15. The molecule has 0 saturated heterocycles. The van der Waals surface area contributed by atoms with Crippen molar-refractivity contribution in [2.24, 2.45) is 0 Å². The molecule has 1 N–H and O–H groups in total. The molecule has 0 spiro atoms. The molecule has 2 aromatic heterocycles. The van der Waals surface area contributed by atoms with Gasteiger partial charge >= 0.3 is 0 Å².